The highest BCUT2D eigenvalue weighted by Gasteiger charge is 2.19. The Morgan fingerprint density at radius 3 is 0.833 bits per heavy atom. The van der Waals surface area contributed by atoms with E-state index in [4.69, 9.17) is 14.2 Å². The maximum atomic E-state index is 12.9. The van der Waals surface area contributed by atoms with Crippen molar-refractivity contribution in [1.29, 1.82) is 0 Å². The number of ether oxygens (including phenoxy) is 3. The monoisotopic (exact) mass is 1080 g/mol. The molecule has 0 saturated heterocycles. The van der Waals surface area contributed by atoms with Crippen LogP contribution < -0.4 is 0 Å². The second-order valence-electron chi connectivity index (χ2n) is 20.9. The lowest BCUT2D eigenvalue weighted by atomic mass is 10.1. The first-order valence-electron chi connectivity index (χ1n) is 32.2. The third-order valence-corrected chi connectivity index (χ3v) is 13.4. The van der Waals surface area contributed by atoms with Gasteiger partial charge in [-0.25, -0.2) is 0 Å². The fourth-order valence-electron chi connectivity index (χ4n) is 8.53. The molecule has 442 valence electrons. The van der Waals surface area contributed by atoms with Gasteiger partial charge in [-0.15, -0.1) is 0 Å². The van der Waals surface area contributed by atoms with Crippen LogP contribution in [0.15, 0.2) is 134 Å². The lowest BCUT2D eigenvalue weighted by Gasteiger charge is -2.18. The molecule has 0 heterocycles. The van der Waals surface area contributed by atoms with Gasteiger partial charge in [0, 0.05) is 19.3 Å². The molecule has 0 bridgehead atoms. The molecule has 0 aromatic heterocycles. The Hall–Kier alpha value is -4.45. The molecule has 1 unspecified atom stereocenters. The molecular formula is C72H118O6. The van der Waals surface area contributed by atoms with Gasteiger partial charge in [0.05, 0.1) is 0 Å². The van der Waals surface area contributed by atoms with Gasteiger partial charge < -0.3 is 14.2 Å². The molecule has 0 amide bonds. The predicted molar refractivity (Wildman–Crippen MR) is 339 cm³/mol. The van der Waals surface area contributed by atoms with Gasteiger partial charge in [0.2, 0.25) is 0 Å². The Morgan fingerprint density at radius 2 is 0.513 bits per heavy atom. The van der Waals surface area contributed by atoms with Gasteiger partial charge >= 0.3 is 17.9 Å². The van der Waals surface area contributed by atoms with Gasteiger partial charge in [-0.3, -0.25) is 14.4 Å². The minimum Gasteiger partial charge on any atom is -0.462 e. The molecule has 0 radical (unpaired) electrons. The van der Waals surface area contributed by atoms with Crippen LogP contribution in [-0.4, -0.2) is 37.2 Å². The quantitative estimate of drug-likeness (QED) is 0.0261. The Kier molecular flexibility index (Phi) is 61.4. The molecule has 78 heavy (non-hydrogen) atoms. The van der Waals surface area contributed by atoms with Crippen molar-refractivity contribution in [1.82, 2.24) is 0 Å². The van der Waals surface area contributed by atoms with Gasteiger partial charge in [-0.2, -0.15) is 0 Å². The van der Waals surface area contributed by atoms with E-state index >= 15 is 0 Å². The van der Waals surface area contributed by atoms with Gasteiger partial charge in [-0.1, -0.05) is 264 Å². The zero-order chi connectivity index (χ0) is 56.4. The summed E-state index contributed by atoms with van der Waals surface area (Å²) >= 11 is 0. The molecule has 1 atom stereocenters. The van der Waals surface area contributed by atoms with Crippen molar-refractivity contribution in [2.45, 2.75) is 290 Å². The summed E-state index contributed by atoms with van der Waals surface area (Å²) in [4.78, 5) is 38.2. The second-order valence-corrected chi connectivity index (χ2v) is 20.9. The van der Waals surface area contributed by atoms with E-state index in [2.05, 4.69) is 154 Å². The summed E-state index contributed by atoms with van der Waals surface area (Å²) in [5.41, 5.74) is 0. The van der Waals surface area contributed by atoms with E-state index < -0.39 is 6.10 Å². The van der Waals surface area contributed by atoms with Crippen LogP contribution in [0.1, 0.15) is 284 Å². The highest BCUT2D eigenvalue weighted by molar-refractivity contribution is 5.71. The summed E-state index contributed by atoms with van der Waals surface area (Å²) in [6.45, 7) is 6.45. The molecule has 0 fully saturated rings. The number of rotatable bonds is 57. The van der Waals surface area contributed by atoms with Crippen molar-refractivity contribution in [3.05, 3.63) is 134 Å². The minimum absolute atomic E-state index is 0.0928. The smallest absolute Gasteiger partial charge is 0.306 e. The van der Waals surface area contributed by atoms with E-state index in [0.717, 1.165) is 154 Å². The molecular weight excluding hydrogens is 961 g/mol. The SMILES string of the molecule is CC/C=C\C/C=C\C/C=C\C/C=C\C/C=C\C/C=C\C/C=C\C/C=C\CCCCCCCCCCC(=O)OCC(COC(=O)CCCCCCC/C=C\CCCC)OC(=O)CCCCCCC/C=C\C/C=C\CCCCCC. The van der Waals surface area contributed by atoms with Crippen molar-refractivity contribution >= 4 is 17.9 Å². The Labute approximate surface area is 481 Å². The number of allylic oxidation sites excluding steroid dienone is 22. The first kappa shape index (κ1) is 73.5. The van der Waals surface area contributed by atoms with Crippen molar-refractivity contribution in [2.75, 3.05) is 13.2 Å². The largest absolute Gasteiger partial charge is 0.462 e. The second kappa shape index (κ2) is 65.1. The summed E-state index contributed by atoms with van der Waals surface area (Å²) in [5, 5.41) is 0. The zero-order valence-corrected chi connectivity index (χ0v) is 50.6. The van der Waals surface area contributed by atoms with Crippen LogP contribution >= 0.6 is 0 Å². The maximum absolute atomic E-state index is 12.9. The Balaban J connectivity index is 4.26. The van der Waals surface area contributed by atoms with Gasteiger partial charge in [0.1, 0.15) is 13.2 Å². The number of hydrogen-bond acceptors (Lipinski definition) is 6. The van der Waals surface area contributed by atoms with Gasteiger partial charge in [0.15, 0.2) is 6.10 Å². The average molecular weight is 1080 g/mol. The van der Waals surface area contributed by atoms with Crippen LogP contribution in [0.25, 0.3) is 0 Å². The lowest BCUT2D eigenvalue weighted by Crippen LogP contribution is -2.30. The molecule has 0 aliphatic rings. The molecule has 0 aromatic rings. The number of esters is 3. The first-order chi connectivity index (χ1) is 38.5. The summed E-state index contributed by atoms with van der Waals surface area (Å²) in [7, 11) is 0. The van der Waals surface area contributed by atoms with Crippen molar-refractivity contribution in [2.24, 2.45) is 0 Å². The molecule has 0 rings (SSSR count). The molecule has 6 nitrogen and oxygen atoms in total. The van der Waals surface area contributed by atoms with E-state index in [1.165, 1.54) is 89.9 Å². The van der Waals surface area contributed by atoms with Crippen LogP contribution in [0.4, 0.5) is 0 Å². The van der Waals surface area contributed by atoms with Gasteiger partial charge in [-0.05, 0) is 135 Å². The van der Waals surface area contributed by atoms with Crippen LogP contribution in [0.3, 0.4) is 0 Å². The van der Waals surface area contributed by atoms with E-state index in [1.54, 1.807) is 0 Å². The summed E-state index contributed by atoms with van der Waals surface area (Å²) in [6, 6.07) is 0. The standard InChI is InChI=1S/C72H118O6/c1-4-7-10-13-16-19-22-24-26-28-29-30-31-32-33-34-35-36-37-38-39-40-41-42-43-44-46-47-50-53-56-59-62-65-71(74)77-68-69(67-76-70(73)64-61-58-55-52-49-21-18-15-12-9-6-3)78-72(75)66-63-60-57-54-51-48-45-27-25-23-20-17-14-11-8-5-2/h7,10,15-16,18-20,23-24,26-27,29-30,32-33,35-36,38-39,41-42,45,69H,4-6,8-9,11-14,17,21-22,25,28,31,34,37,40,43-44,46-68H2,1-3H3/b10-7-,18-15-,19-16-,23-20-,26-24-,30-29-,33-32-,36-35-,39-38-,42-41-,45-27-. The summed E-state index contributed by atoms with van der Waals surface area (Å²) < 4.78 is 16.9. The molecule has 0 spiro atoms. The average Bonchev–Trinajstić information content (AvgIpc) is 3.44. The topological polar surface area (TPSA) is 78.9 Å². The normalized spacial score (nSPS) is 13.0. The number of carbonyl (C=O) groups is 3. The highest BCUT2D eigenvalue weighted by atomic mass is 16.6. The zero-order valence-electron chi connectivity index (χ0n) is 50.6. The molecule has 0 N–H and O–H groups in total. The number of unbranched alkanes of at least 4 members (excludes halogenated alkanes) is 24. The van der Waals surface area contributed by atoms with E-state index in [9.17, 15) is 14.4 Å². The fraction of sp³-hybridized carbons (Fsp3) is 0.653. The molecule has 0 aromatic carbocycles. The Morgan fingerprint density at radius 1 is 0.269 bits per heavy atom. The lowest BCUT2D eigenvalue weighted by molar-refractivity contribution is -0.167. The number of hydrogen-bond donors (Lipinski definition) is 0. The van der Waals surface area contributed by atoms with E-state index in [0.29, 0.717) is 19.3 Å². The van der Waals surface area contributed by atoms with Gasteiger partial charge in [0.25, 0.3) is 0 Å². The summed E-state index contributed by atoms with van der Waals surface area (Å²) in [6.07, 6.45) is 91.7. The van der Waals surface area contributed by atoms with Crippen molar-refractivity contribution in [3.63, 3.8) is 0 Å². The maximum Gasteiger partial charge on any atom is 0.306 e. The van der Waals surface area contributed by atoms with Crippen LogP contribution in [-0.2, 0) is 28.6 Å². The fourth-order valence-corrected chi connectivity index (χ4v) is 8.53. The minimum atomic E-state index is -0.796. The number of carbonyl (C=O) groups excluding carboxylic acids is 3. The molecule has 0 aliphatic heterocycles. The molecule has 0 saturated carbocycles. The third kappa shape index (κ3) is 62.4. The molecule has 0 aliphatic carbocycles. The van der Waals surface area contributed by atoms with Crippen LogP contribution in [0, 0.1) is 0 Å². The summed E-state index contributed by atoms with van der Waals surface area (Å²) in [5.74, 6) is -0.924. The molecule has 6 heteroatoms. The first-order valence-corrected chi connectivity index (χ1v) is 32.2. The Bertz CT molecular complexity index is 1670. The van der Waals surface area contributed by atoms with Crippen LogP contribution in [0.5, 0.6) is 0 Å². The van der Waals surface area contributed by atoms with Crippen LogP contribution in [0.2, 0.25) is 0 Å². The predicted octanol–water partition coefficient (Wildman–Crippen LogP) is 22.2. The third-order valence-electron chi connectivity index (χ3n) is 13.4. The highest BCUT2D eigenvalue weighted by Crippen LogP contribution is 2.15. The van der Waals surface area contributed by atoms with E-state index in [-0.39, 0.29) is 31.1 Å². The van der Waals surface area contributed by atoms with Crippen molar-refractivity contribution in [3.8, 4) is 0 Å². The van der Waals surface area contributed by atoms with Crippen molar-refractivity contribution < 1.29 is 28.6 Å². The van der Waals surface area contributed by atoms with E-state index in [1.807, 2.05) is 0 Å².